The molecule has 1 aliphatic heterocycles. The molecular weight excluding hydrogens is 258 g/mol. The molecule has 0 spiro atoms. The van der Waals surface area contributed by atoms with E-state index >= 15 is 0 Å². The lowest BCUT2D eigenvalue weighted by Crippen LogP contribution is -2.48. The Hall–Kier alpha value is -1.95. The molecule has 2 rings (SSSR count). The largest absolute Gasteiger partial charge is 0.396 e. The standard InChI is InChI=1S/C14H19N3O3/c18-9-6-12-5-1-2-8-17(12)14(20)13(19)16-11-4-3-7-15-10-11/h3-4,7,10,12,18H,1-2,5-6,8-9H2,(H,16,19). The van der Waals surface area contributed by atoms with Crippen molar-refractivity contribution in [2.24, 2.45) is 0 Å². The SMILES string of the molecule is O=C(Nc1cccnc1)C(=O)N1CCCCC1CCO. The smallest absolute Gasteiger partial charge is 0.313 e. The Morgan fingerprint density at radius 3 is 3.00 bits per heavy atom. The summed E-state index contributed by atoms with van der Waals surface area (Å²) >= 11 is 0. The first-order chi connectivity index (χ1) is 9.72. The van der Waals surface area contributed by atoms with Crippen LogP contribution < -0.4 is 5.32 Å². The molecule has 1 fully saturated rings. The summed E-state index contributed by atoms with van der Waals surface area (Å²) in [5, 5.41) is 11.6. The van der Waals surface area contributed by atoms with Crippen LogP contribution in [0.5, 0.6) is 0 Å². The number of amides is 2. The van der Waals surface area contributed by atoms with Gasteiger partial charge in [0.05, 0.1) is 11.9 Å². The summed E-state index contributed by atoms with van der Waals surface area (Å²) in [5.74, 6) is -1.19. The van der Waals surface area contributed by atoms with Gasteiger partial charge in [0, 0.05) is 25.4 Å². The van der Waals surface area contributed by atoms with Crippen molar-refractivity contribution in [3.05, 3.63) is 24.5 Å². The number of anilines is 1. The highest BCUT2D eigenvalue weighted by Crippen LogP contribution is 2.20. The van der Waals surface area contributed by atoms with Crippen LogP contribution in [0.15, 0.2) is 24.5 Å². The van der Waals surface area contributed by atoms with Crippen LogP contribution in [0.25, 0.3) is 0 Å². The Kier molecular flexibility index (Phi) is 5.06. The highest BCUT2D eigenvalue weighted by Gasteiger charge is 2.30. The van der Waals surface area contributed by atoms with E-state index in [4.69, 9.17) is 5.11 Å². The van der Waals surface area contributed by atoms with Crippen LogP contribution in [0.4, 0.5) is 5.69 Å². The van der Waals surface area contributed by atoms with E-state index in [1.165, 1.54) is 6.20 Å². The highest BCUT2D eigenvalue weighted by molar-refractivity contribution is 6.39. The van der Waals surface area contributed by atoms with Gasteiger partial charge in [-0.15, -0.1) is 0 Å². The number of hydrogen-bond acceptors (Lipinski definition) is 4. The average molecular weight is 277 g/mol. The van der Waals surface area contributed by atoms with E-state index in [1.54, 1.807) is 23.2 Å². The Balaban J connectivity index is 1.99. The van der Waals surface area contributed by atoms with Gasteiger partial charge < -0.3 is 15.3 Å². The van der Waals surface area contributed by atoms with Crippen LogP contribution in [0.3, 0.4) is 0 Å². The van der Waals surface area contributed by atoms with Gasteiger partial charge in [0.15, 0.2) is 0 Å². The Morgan fingerprint density at radius 1 is 1.45 bits per heavy atom. The van der Waals surface area contributed by atoms with Gasteiger partial charge in [-0.3, -0.25) is 14.6 Å². The monoisotopic (exact) mass is 277 g/mol. The van der Waals surface area contributed by atoms with Crippen molar-refractivity contribution < 1.29 is 14.7 Å². The summed E-state index contributed by atoms with van der Waals surface area (Å²) in [6.07, 6.45) is 6.37. The van der Waals surface area contributed by atoms with E-state index < -0.39 is 11.8 Å². The van der Waals surface area contributed by atoms with E-state index in [0.717, 1.165) is 19.3 Å². The minimum absolute atomic E-state index is 0.0265. The maximum Gasteiger partial charge on any atom is 0.313 e. The van der Waals surface area contributed by atoms with Crippen molar-refractivity contribution in [1.29, 1.82) is 0 Å². The van der Waals surface area contributed by atoms with Gasteiger partial charge in [-0.1, -0.05) is 0 Å². The van der Waals surface area contributed by atoms with Crippen LogP contribution >= 0.6 is 0 Å². The van der Waals surface area contributed by atoms with Crippen molar-refractivity contribution in [3.63, 3.8) is 0 Å². The van der Waals surface area contributed by atoms with Gasteiger partial charge in [0.25, 0.3) is 0 Å². The van der Waals surface area contributed by atoms with E-state index in [9.17, 15) is 9.59 Å². The maximum atomic E-state index is 12.2. The second kappa shape index (κ2) is 7.00. The van der Waals surface area contributed by atoms with Crippen LogP contribution in [-0.2, 0) is 9.59 Å². The molecule has 2 amide bonds. The second-order valence-corrected chi connectivity index (χ2v) is 4.86. The number of carbonyl (C=O) groups is 2. The Labute approximate surface area is 117 Å². The number of rotatable bonds is 3. The number of carbonyl (C=O) groups excluding carboxylic acids is 2. The topological polar surface area (TPSA) is 82.5 Å². The normalized spacial score (nSPS) is 18.6. The fourth-order valence-corrected chi connectivity index (χ4v) is 2.47. The Bertz CT molecular complexity index is 462. The number of aliphatic hydroxyl groups is 1. The summed E-state index contributed by atoms with van der Waals surface area (Å²) in [4.78, 5) is 29.6. The molecule has 1 atom stereocenters. The number of aliphatic hydroxyl groups excluding tert-OH is 1. The highest BCUT2D eigenvalue weighted by atomic mass is 16.3. The fourth-order valence-electron chi connectivity index (χ4n) is 2.47. The number of pyridine rings is 1. The first-order valence-electron chi connectivity index (χ1n) is 6.85. The van der Waals surface area contributed by atoms with Crippen molar-refractivity contribution in [3.8, 4) is 0 Å². The van der Waals surface area contributed by atoms with E-state index in [1.807, 2.05) is 0 Å². The first kappa shape index (κ1) is 14.5. The third-order valence-electron chi connectivity index (χ3n) is 3.46. The fraction of sp³-hybridized carbons (Fsp3) is 0.500. The molecule has 2 heterocycles. The molecule has 2 N–H and O–H groups in total. The van der Waals surface area contributed by atoms with Crippen molar-refractivity contribution in [2.45, 2.75) is 31.7 Å². The number of likely N-dealkylation sites (tertiary alicyclic amines) is 1. The molecule has 0 bridgehead atoms. The lowest BCUT2D eigenvalue weighted by Gasteiger charge is -2.34. The first-order valence-corrected chi connectivity index (χ1v) is 6.85. The van der Waals surface area contributed by atoms with Crippen molar-refractivity contribution >= 4 is 17.5 Å². The van der Waals surface area contributed by atoms with Gasteiger partial charge >= 0.3 is 11.8 Å². The zero-order valence-electron chi connectivity index (χ0n) is 11.3. The van der Waals surface area contributed by atoms with Crippen LogP contribution in [0.1, 0.15) is 25.7 Å². The number of nitrogens with one attached hydrogen (secondary N) is 1. The van der Waals surface area contributed by atoms with Crippen LogP contribution in [-0.4, -0.2) is 46.0 Å². The minimum Gasteiger partial charge on any atom is -0.396 e. The summed E-state index contributed by atoms with van der Waals surface area (Å²) in [7, 11) is 0. The molecule has 1 unspecified atom stereocenters. The zero-order valence-corrected chi connectivity index (χ0v) is 11.3. The number of piperidine rings is 1. The third kappa shape index (κ3) is 3.54. The number of hydrogen-bond donors (Lipinski definition) is 2. The summed E-state index contributed by atoms with van der Waals surface area (Å²) in [6.45, 7) is 0.600. The van der Waals surface area contributed by atoms with Gasteiger partial charge in [-0.2, -0.15) is 0 Å². The van der Waals surface area contributed by atoms with E-state index in [0.29, 0.717) is 18.7 Å². The molecule has 1 aromatic rings. The van der Waals surface area contributed by atoms with Crippen LogP contribution in [0.2, 0.25) is 0 Å². The molecule has 20 heavy (non-hydrogen) atoms. The molecule has 1 aromatic heterocycles. The Morgan fingerprint density at radius 2 is 2.30 bits per heavy atom. The molecule has 0 aliphatic carbocycles. The summed E-state index contributed by atoms with van der Waals surface area (Å²) < 4.78 is 0. The zero-order chi connectivity index (χ0) is 14.4. The average Bonchev–Trinajstić information content (AvgIpc) is 2.48. The molecule has 1 saturated heterocycles. The minimum atomic E-state index is -0.650. The van der Waals surface area contributed by atoms with Gasteiger partial charge in [0.1, 0.15) is 0 Å². The number of aromatic nitrogens is 1. The quantitative estimate of drug-likeness (QED) is 0.800. The van der Waals surface area contributed by atoms with E-state index in [2.05, 4.69) is 10.3 Å². The number of nitrogens with zero attached hydrogens (tertiary/aromatic N) is 2. The van der Waals surface area contributed by atoms with Crippen molar-refractivity contribution in [2.75, 3.05) is 18.5 Å². The molecular formula is C14H19N3O3. The van der Waals surface area contributed by atoms with E-state index in [-0.39, 0.29) is 12.6 Å². The predicted octanol–water partition coefficient (Wildman–Crippen LogP) is 0.784. The van der Waals surface area contributed by atoms with Gasteiger partial charge in [0.2, 0.25) is 0 Å². The van der Waals surface area contributed by atoms with Gasteiger partial charge in [-0.25, -0.2) is 0 Å². The van der Waals surface area contributed by atoms with Gasteiger partial charge in [-0.05, 0) is 37.8 Å². The lowest BCUT2D eigenvalue weighted by molar-refractivity contribution is -0.146. The molecule has 108 valence electrons. The molecule has 6 nitrogen and oxygen atoms in total. The second-order valence-electron chi connectivity index (χ2n) is 4.86. The maximum absolute atomic E-state index is 12.2. The lowest BCUT2D eigenvalue weighted by atomic mass is 9.99. The third-order valence-corrected chi connectivity index (χ3v) is 3.46. The molecule has 1 aliphatic rings. The van der Waals surface area contributed by atoms with Crippen molar-refractivity contribution in [1.82, 2.24) is 9.88 Å². The predicted molar refractivity (Wildman–Crippen MR) is 73.9 cm³/mol. The molecule has 0 radical (unpaired) electrons. The van der Waals surface area contributed by atoms with Crippen LogP contribution in [0, 0.1) is 0 Å². The summed E-state index contributed by atoms with van der Waals surface area (Å²) in [5.41, 5.74) is 0.501. The molecule has 0 saturated carbocycles. The summed E-state index contributed by atoms with van der Waals surface area (Å²) in [6, 6.07) is 3.33. The molecule has 0 aromatic carbocycles. The molecule has 6 heteroatoms.